The molecule has 0 spiro atoms. The predicted molar refractivity (Wildman–Crippen MR) is 129 cm³/mol. The molecule has 10 heteroatoms. The molecule has 0 saturated carbocycles. The van der Waals surface area contributed by atoms with Crippen LogP contribution in [0.4, 0.5) is 5.69 Å². The Bertz CT molecular complexity index is 1400. The summed E-state index contributed by atoms with van der Waals surface area (Å²) in [5.41, 5.74) is 7.84. The van der Waals surface area contributed by atoms with E-state index in [4.69, 9.17) is 5.73 Å². The number of anilines is 1. The van der Waals surface area contributed by atoms with Crippen molar-refractivity contribution in [2.24, 2.45) is 11.7 Å². The molecule has 32 heavy (non-hydrogen) atoms. The second-order valence-electron chi connectivity index (χ2n) is 8.15. The van der Waals surface area contributed by atoms with Crippen molar-refractivity contribution >= 4 is 36.5 Å². The van der Waals surface area contributed by atoms with E-state index >= 15 is 0 Å². The summed E-state index contributed by atoms with van der Waals surface area (Å²) in [7, 11) is -8.27. The van der Waals surface area contributed by atoms with Crippen LogP contribution in [0.5, 0.6) is 0 Å². The smallest absolute Gasteiger partial charge is 0.258 e. The molecule has 2 N–H and O–H groups in total. The van der Waals surface area contributed by atoms with Crippen molar-refractivity contribution in [1.82, 2.24) is 4.57 Å². The molecule has 0 saturated heterocycles. The monoisotopic (exact) mass is 477 g/mol. The van der Waals surface area contributed by atoms with Gasteiger partial charge in [-0.1, -0.05) is 44.2 Å². The number of nitrogens with zero attached hydrogens (tertiary/aromatic N) is 2. The quantitative estimate of drug-likeness (QED) is 0.558. The average molecular weight is 478 g/mol. The second kappa shape index (κ2) is 8.68. The highest BCUT2D eigenvalue weighted by molar-refractivity contribution is 8.09. The van der Waals surface area contributed by atoms with Crippen molar-refractivity contribution in [1.29, 1.82) is 0 Å². The Morgan fingerprint density at radius 2 is 1.53 bits per heavy atom. The molecule has 0 aliphatic rings. The summed E-state index contributed by atoms with van der Waals surface area (Å²) in [5, 5.41) is 0.795. The molecule has 2 aromatic carbocycles. The molecular weight excluding hydrogens is 450 g/mol. The molecule has 172 valence electrons. The molecule has 1 aromatic heterocycles. The van der Waals surface area contributed by atoms with E-state index in [1.807, 2.05) is 44.2 Å². The summed E-state index contributed by atoms with van der Waals surface area (Å²) in [6.45, 7) is 4.53. The Balaban J connectivity index is 2.51. The van der Waals surface area contributed by atoms with Crippen LogP contribution in [0, 0.1) is 5.92 Å². The average Bonchev–Trinajstić information content (AvgIpc) is 2.68. The van der Waals surface area contributed by atoms with Crippen molar-refractivity contribution in [2.45, 2.75) is 26.9 Å². The lowest BCUT2D eigenvalue weighted by Crippen LogP contribution is -2.35. The number of hydrogen-bond acceptors (Lipinski definition) is 6. The highest BCUT2D eigenvalue weighted by atomic mass is 32.3. The maximum absolute atomic E-state index is 13.4. The highest BCUT2D eigenvalue weighted by Crippen LogP contribution is 2.34. The number of fused-ring (bicyclic) bond motifs is 1. The molecule has 8 nitrogen and oxygen atoms in total. The van der Waals surface area contributed by atoms with E-state index in [2.05, 4.69) is 0 Å². The third-order valence-electron chi connectivity index (χ3n) is 4.98. The first-order valence-corrected chi connectivity index (χ1v) is 13.7. The van der Waals surface area contributed by atoms with Crippen LogP contribution in [0.2, 0.25) is 0 Å². The predicted octanol–water partition coefficient (Wildman–Crippen LogP) is 2.51. The number of nitrogens with two attached hydrogens (primary N) is 1. The molecule has 0 radical (unpaired) electrons. The fraction of sp³-hybridized carbons (Fsp3) is 0.318. The Hall–Kier alpha value is -2.69. The van der Waals surface area contributed by atoms with Gasteiger partial charge in [0, 0.05) is 29.7 Å². The Labute approximate surface area is 188 Å². The first-order chi connectivity index (χ1) is 14.9. The van der Waals surface area contributed by atoms with Gasteiger partial charge in [0.25, 0.3) is 5.56 Å². The SMILES string of the molecule is CC(C)Cn1c(CN)c(-c2ccccc2)c2cc(N(S(C)(=O)=O)S(C)(=O)=O)ccc2c1=O. The number of hydrogen-bond donors (Lipinski definition) is 1. The molecule has 0 atom stereocenters. The van der Waals surface area contributed by atoms with Crippen LogP contribution in [0.3, 0.4) is 0 Å². The van der Waals surface area contributed by atoms with Gasteiger partial charge in [0.05, 0.1) is 18.2 Å². The van der Waals surface area contributed by atoms with Gasteiger partial charge >= 0.3 is 0 Å². The van der Waals surface area contributed by atoms with E-state index in [0.29, 0.717) is 32.3 Å². The van der Waals surface area contributed by atoms with Gasteiger partial charge in [-0.15, -0.1) is 0 Å². The van der Waals surface area contributed by atoms with Gasteiger partial charge in [-0.25, -0.2) is 16.8 Å². The van der Waals surface area contributed by atoms with Crippen molar-refractivity contribution in [3.8, 4) is 11.1 Å². The van der Waals surface area contributed by atoms with E-state index in [1.165, 1.54) is 18.2 Å². The Morgan fingerprint density at radius 3 is 2.03 bits per heavy atom. The Kier molecular flexibility index (Phi) is 6.50. The van der Waals surface area contributed by atoms with Crippen LogP contribution in [0.1, 0.15) is 19.5 Å². The van der Waals surface area contributed by atoms with Gasteiger partial charge in [-0.05, 0) is 35.1 Å². The van der Waals surface area contributed by atoms with Crippen molar-refractivity contribution in [3.05, 3.63) is 64.6 Å². The number of rotatable bonds is 7. The summed E-state index contributed by atoms with van der Waals surface area (Å²) < 4.78 is 51.2. The number of pyridine rings is 1. The fourth-order valence-electron chi connectivity index (χ4n) is 3.92. The Morgan fingerprint density at radius 1 is 0.938 bits per heavy atom. The first-order valence-electron chi connectivity index (χ1n) is 10.0. The largest absolute Gasteiger partial charge is 0.325 e. The van der Waals surface area contributed by atoms with Crippen LogP contribution in [0.15, 0.2) is 53.3 Å². The summed E-state index contributed by atoms with van der Waals surface area (Å²) in [6, 6.07) is 13.5. The molecule has 0 unspecified atom stereocenters. The number of sulfonamides is 2. The van der Waals surface area contributed by atoms with Gasteiger partial charge < -0.3 is 10.3 Å². The molecule has 1 heterocycles. The van der Waals surface area contributed by atoms with Gasteiger partial charge in [0.15, 0.2) is 0 Å². The normalized spacial score (nSPS) is 12.4. The second-order valence-corrected chi connectivity index (χ2v) is 12.0. The lowest BCUT2D eigenvalue weighted by atomic mass is 9.96. The highest BCUT2D eigenvalue weighted by Gasteiger charge is 2.28. The topological polar surface area (TPSA) is 120 Å². The summed E-state index contributed by atoms with van der Waals surface area (Å²) in [5.74, 6) is 0.185. The molecule has 0 bridgehead atoms. The van der Waals surface area contributed by atoms with Gasteiger partial charge in [-0.3, -0.25) is 4.79 Å². The molecule has 3 rings (SSSR count). The third-order valence-corrected chi connectivity index (χ3v) is 8.23. The van der Waals surface area contributed by atoms with Crippen molar-refractivity contribution in [2.75, 3.05) is 16.2 Å². The van der Waals surface area contributed by atoms with Crippen LogP contribution in [0.25, 0.3) is 21.9 Å². The van der Waals surface area contributed by atoms with Crippen LogP contribution in [-0.4, -0.2) is 33.9 Å². The van der Waals surface area contributed by atoms with E-state index < -0.39 is 20.0 Å². The summed E-state index contributed by atoms with van der Waals surface area (Å²) in [4.78, 5) is 13.4. The summed E-state index contributed by atoms with van der Waals surface area (Å²) >= 11 is 0. The van der Waals surface area contributed by atoms with E-state index in [1.54, 1.807) is 4.57 Å². The van der Waals surface area contributed by atoms with E-state index in [9.17, 15) is 21.6 Å². The fourth-order valence-corrected chi connectivity index (χ4v) is 6.88. The summed E-state index contributed by atoms with van der Waals surface area (Å²) in [6.07, 6.45) is 1.64. The zero-order chi connectivity index (χ0) is 23.8. The van der Waals surface area contributed by atoms with Gasteiger partial charge in [0.2, 0.25) is 20.0 Å². The maximum atomic E-state index is 13.4. The van der Waals surface area contributed by atoms with Crippen molar-refractivity contribution < 1.29 is 16.8 Å². The van der Waals surface area contributed by atoms with Crippen LogP contribution in [-0.2, 0) is 33.1 Å². The van der Waals surface area contributed by atoms with Gasteiger partial charge in [-0.2, -0.15) is 3.71 Å². The lowest BCUT2D eigenvalue weighted by molar-refractivity contribution is 0.499. The number of benzene rings is 2. The third kappa shape index (κ3) is 4.57. The van der Waals surface area contributed by atoms with Crippen molar-refractivity contribution in [3.63, 3.8) is 0 Å². The zero-order valence-electron chi connectivity index (χ0n) is 18.4. The van der Waals surface area contributed by atoms with E-state index in [-0.39, 0.29) is 23.7 Å². The molecular formula is C22H27N3O5S2. The first kappa shape index (κ1) is 24.0. The minimum atomic E-state index is -4.13. The van der Waals surface area contributed by atoms with Crippen LogP contribution >= 0.6 is 0 Å². The van der Waals surface area contributed by atoms with E-state index in [0.717, 1.165) is 18.1 Å². The standard InChI is InChI=1S/C22H27N3O5S2/c1-15(2)14-24-20(13-23)21(16-8-6-5-7-9-16)19-12-17(10-11-18(19)22(24)26)25(31(3,27)28)32(4,29)30/h5-12,15H,13-14,23H2,1-4H3. The molecule has 0 aliphatic carbocycles. The molecule has 0 fully saturated rings. The zero-order valence-corrected chi connectivity index (χ0v) is 20.1. The van der Waals surface area contributed by atoms with Gasteiger partial charge in [0.1, 0.15) is 0 Å². The number of aromatic nitrogens is 1. The molecule has 3 aromatic rings. The van der Waals surface area contributed by atoms with Crippen LogP contribution < -0.4 is 15.0 Å². The minimum Gasteiger partial charge on any atom is -0.325 e. The minimum absolute atomic E-state index is 0.0661. The molecule has 0 aliphatic heterocycles. The lowest BCUT2D eigenvalue weighted by Gasteiger charge is -2.23. The molecule has 0 amide bonds. The maximum Gasteiger partial charge on any atom is 0.258 e.